The highest BCUT2D eigenvalue weighted by Crippen LogP contribution is 2.32. The van der Waals surface area contributed by atoms with Crippen LogP contribution >= 0.6 is 0 Å². The van der Waals surface area contributed by atoms with E-state index < -0.39 is 0 Å². The maximum atomic E-state index is 6.12. The third-order valence-electron chi connectivity index (χ3n) is 4.10. The van der Waals surface area contributed by atoms with Gasteiger partial charge in [-0.25, -0.2) is 9.67 Å². The minimum absolute atomic E-state index is 0.522. The average molecular weight is 341 g/mol. The number of hydrogen-bond donors (Lipinski definition) is 0. The maximum absolute atomic E-state index is 6.12. The predicted molar refractivity (Wildman–Crippen MR) is 102 cm³/mol. The molecule has 0 unspecified atom stereocenters. The summed E-state index contributed by atoms with van der Waals surface area (Å²) in [6.45, 7) is 2.50. The highest BCUT2D eigenvalue weighted by Gasteiger charge is 2.14. The molecule has 0 fully saturated rings. The fraction of sp³-hybridized carbons (Fsp3) is 0.0909. The maximum Gasteiger partial charge on any atom is 0.153 e. The zero-order chi connectivity index (χ0) is 17.8. The molecule has 2 aromatic heterocycles. The molecule has 4 aromatic rings. The summed E-state index contributed by atoms with van der Waals surface area (Å²) in [4.78, 5) is 4.43. The molecule has 0 bridgehead atoms. The van der Waals surface area contributed by atoms with E-state index >= 15 is 0 Å². The Labute approximate surface area is 152 Å². The summed E-state index contributed by atoms with van der Waals surface area (Å²) in [5, 5.41) is 4.62. The van der Waals surface area contributed by atoms with Gasteiger partial charge in [0.05, 0.1) is 11.4 Å². The molecule has 4 rings (SSSR count). The lowest BCUT2D eigenvalue weighted by Gasteiger charge is -2.13. The van der Waals surface area contributed by atoms with Crippen molar-refractivity contribution < 1.29 is 4.74 Å². The molecule has 26 heavy (non-hydrogen) atoms. The van der Waals surface area contributed by atoms with E-state index in [1.54, 1.807) is 6.20 Å². The predicted octanol–water partition coefficient (Wildman–Crippen LogP) is 4.82. The van der Waals surface area contributed by atoms with E-state index in [1.807, 2.05) is 66.2 Å². The van der Waals surface area contributed by atoms with Gasteiger partial charge in [0, 0.05) is 11.8 Å². The lowest BCUT2D eigenvalue weighted by molar-refractivity contribution is 0.307. The van der Waals surface area contributed by atoms with E-state index in [0.29, 0.717) is 6.61 Å². The van der Waals surface area contributed by atoms with Crippen LogP contribution in [0.15, 0.2) is 85.1 Å². The number of nitrogens with zero attached hydrogens (tertiary/aromatic N) is 3. The molecule has 0 N–H and O–H groups in total. The summed E-state index contributed by atoms with van der Waals surface area (Å²) in [5.41, 5.74) is 4.03. The van der Waals surface area contributed by atoms with Gasteiger partial charge in [-0.05, 0) is 42.8 Å². The first kappa shape index (κ1) is 16.1. The molecule has 0 aliphatic carbocycles. The Kier molecular flexibility index (Phi) is 4.48. The number of para-hydroxylation sites is 1. The summed E-state index contributed by atoms with van der Waals surface area (Å²) >= 11 is 0. The molecule has 0 aliphatic heterocycles. The fourth-order valence-corrected chi connectivity index (χ4v) is 2.88. The van der Waals surface area contributed by atoms with Crippen molar-refractivity contribution in [1.29, 1.82) is 0 Å². The average Bonchev–Trinajstić information content (AvgIpc) is 3.10. The molecular formula is C22H19N3O. The number of benzene rings is 2. The Morgan fingerprint density at radius 3 is 2.46 bits per heavy atom. The van der Waals surface area contributed by atoms with Crippen LogP contribution < -0.4 is 4.74 Å². The van der Waals surface area contributed by atoms with Crippen LogP contribution in [-0.4, -0.2) is 14.8 Å². The van der Waals surface area contributed by atoms with Crippen LogP contribution in [0.2, 0.25) is 0 Å². The first-order chi connectivity index (χ1) is 12.8. The van der Waals surface area contributed by atoms with E-state index in [9.17, 15) is 0 Å². The van der Waals surface area contributed by atoms with Gasteiger partial charge >= 0.3 is 0 Å². The van der Waals surface area contributed by atoms with Gasteiger partial charge in [0.2, 0.25) is 0 Å². The minimum atomic E-state index is 0.522. The molecule has 0 spiro atoms. The minimum Gasteiger partial charge on any atom is -0.488 e. The van der Waals surface area contributed by atoms with Crippen molar-refractivity contribution in [3.63, 3.8) is 0 Å². The van der Waals surface area contributed by atoms with Crippen LogP contribution in [0.25, 0.3) is 17.1 Å². The van der Waals surface area contributed by atoms with Crippen molar-refractivity contribution >= 4 is 0 Å². The van der Waals surface area contributed by atoms with Gasteiger partial charge in [-0.3, -0.25) is 0 Å². The van der Waals surface area contributed by atoms with Crippen molar-refractivity contribution in [2.45, 2.75) is 13.5 Å². The molecule has 2 heterocycles. The van der Waals surface area contributed by atoms with Gasteiger partial charge in [-0.15, -0.1) is 0 Å². The van der Waals surface area contributed by atoms with Gasteiger partial charge in [-0.2, -0.15) is 5.10 Å². The molecule has 2 aromatic carbocycles. The highest BCUT2D eigenvalue weighted by atomic mass is 16.5. The van der Waals surface area contributed by atoms with Crippen LogP contribution in [0.3, 0.4) is 0 Å². The van der Waals surface area contributed by atoms with Gasteiger partial charge < -0.3 is 4.74 Å². The second-order valence-electron chi connectivity index (χ2n) is 6.04. The third kappa shape index (κ3) is 3.35. The fourth-order valence-electron chi connectivity index (χ4n) is 2.88. The second kappa shape index (κ2) is 7.23. The van der Waals surface area contributed by atoms with E-state index in [4.69, 9.17) is 4.74 Å². The Balaban J connectivity index is 1.71. The number of pyridine rings is 1. The SMILES string of the molecule is Cc1cc(-c2ccccc2OCc2ccccc2)n(-c2ccccn2)n1. The first-order valence-corrected chi connectivity index (χ1v) is 8.55. The number of aromatic nitrogens is 3. The van der Waals surface area contributed by atoms with Crippen LogP contribution in [0.5, 0.6) is 5.75 Å². The third-order valence-corrected chi connectivity index (χ3v) is 4.10. The van der Waals surface area contributed by atoms with Crippen molar-refractivity contribution in [1.82, 2.24) is 14.8 Å². The summed E-state index contributed by atoms with van der Waals surface area (Å²) in [6, 6.07) is 26.1. The van der Waals surface area contributed by atoms with Crippen molar-refractivity contribution in [2.24, 2.45) is 0 Å². The summed E-state index contributed by atoms with van der Waals surface area (Å²) in [6.07, 6.45) is 1.77. The van der Waals surface area contributed by atoms with Crippen LogP contribution in [0, 0.1) is 6.92 Å². The van der Waals surface area contributed by atoms with Crippen LogP contribution in [0.1, 0.15) is 11.3 Å². The van der Waals surface area contributed by atoms with E-state index in [1.165, 1.54) is 0 Å². The molecule has 0 atom stereocenters. The summed E-state index contributed by atoms with van der Waals surface area (Å²) in [7, 11) is 0. The topological polar surface area (TPSA) is 39.9 Å². The molecule has 0 radical (unpaired) electrons. The summed E-state index contributed by atoms with van der Waals surface area (Å²) < 4.78 is 7.98. The Hall–Kier alpha value is -3.40. The summed E-state index contributed by atoms with van der Waals surface area (Å²) in [5.74, 6) is 1.61. The molecule has 0 saturated heterocycles. The smallest absolute Gasteiger partial charge is 0.153 e. The largest absolute Gasteiger partial charge is 0.488 e. The molecular weight excluding hydrogens is 322 g/mol. The standard InChI is InChI=1S/C22H19N3O/c1-17-15-20(25(24-17)22-13-7-8-14-23-22)19-11-5-6-12-21(19)26-16-18-9-3-2-4-10-18/h2-15H,16H2,1H3. The van der Waals surface area contributed by atoms with Crippen molar-refractivity contribution in [3.8, 4) is 22.8 Å². The van der Waals surface area contributed by atoms with Crippen LogP contribution in [-0.2, 0) is 6.61 Å². The number of ether oxygens (including phenoxy) is 1. The van der Waals surface area contributed by atoms with E-state index in [0.717, 1.165) is 34.1 Å². The second-order valence-corrected chi connectivity index (χ2v) is 6.04. The number of rotatable bonds is 5. The lowest BCUT2D eigenvalue weighted by Crippen LogP contribution is -2.03. The van der Waals surface area contributed by atoms with Gasteiger partial charge in [0.25, 0.3) is 0 Å². The molecule has 128 valence electrons. The van der Waals surface area contributed by atoms with Crippen molar-refractivity contribution in [2.75, 3.05) is 0 Å². The molecule has 0 aliphatic rings. The molecule has 0 saturated carbocycles. The van der Waals surface area contributed by atoms with E-state index in [-0.39, 0.29) is 0 Å². The normalized spacial score (nSPS) is 10.7. The van der Waals surface area contributed by atoms with Crippen LogP contribution in [0.4, 0.5) is 0 Å². The first-order valence-electron chi connectivity index (χ1n) is 8.55. The Morgan fingerprint density at radius 2 is 1.65 bits per heavy atom. The molecule has 4 heteroatoms. The zero-order valence-corrected chi connectivity index (χ0v) is 14.5. The highest BCUT2D eigenvalue weighted by molar-refractivity contribution is 5.69. The number of aryl methyl sites for hydroxylation is 1. The van der Waals surface area contributed by atoms with Gasteiger partial charge in [-0.1, -0.05) is 48.5 Å². The monoisotopic (exact) mass is 341 g/mol. The Morgan fingerprint density at radius 1 is 0.885 bits per heavy atom. The Bertz CT molecular complexity index is 994. The lowest BCUT2D eigenvalue weighted by atomic mass is 10.1. The van der Waals surface area contributed by atoms with Gasteiger partial charge in [0.15, 0.2) is 5.82 Å². The quantitative estimate of drug-likeness (QED) is 0.522. The van der Waals surface area contributed by atoms with Crippen molar-refractivity contribution in [3.05, 3.63) is 96.3 Å². The molecule has 4 nitrogen and oxygen atoms in total. The number of hydrogen-bond acceptors (Lipinski definition) is 3. The zero-order valence-electron chi connectivity index (χ0n) is 14.5. The van der Waals surface area contributed by atoms with E-state index in [2.05, 4.69) is 34.3 Å². The molecule has 0 amide bonds. The van der Waals surface area contributed by atoms with Gasteiger partial charge in [0.1, 0.15) is 12.4 Å².